The largest absolute Gasteiger partial charge is 0.347 e. The first-order chi connectivity index (χ1) is 10.7. The molecule has 3 rings (SSSR count). The van der Waals surface area contributed by atoms with Crippen molar-refractivity contribution in [3.05, 3.63) is 58.9 Å². The molecule has 8 heteroatoms. The zero-order valence-corrected chi connectivity index (χ0v) is 14.5. The Balaban J connectivity index is 0.00000144. The first-order valence-corrected chi connectivity index (χ1v) is 7.26. The van der Waals surface area contributed by atoms with Gasteiger partial charge in [-0.05, 0) is 30.5 Å². The van der Waals surface area contributed by atoms with Crippen molar-refractivity contribution in [3.63, 3.8) is 0 Å². The normalized spacial score (nSPS) is 12.8. The number of hydrogen-bond donors (Lipinski definition) is 2. The molecule has 1 aliphatic rings. The number of nitrogens with zero attached hydrogens (tertiary/aromatic N) is 2. The Morgan fingerprint density at radius 1 is 1.29 bits per heavy atom. The fraction of sp³-hybridized carbons (Fsp3) is 0.312. The van der Waals surface area contributed by atoms with Crippen LogP contribution in [0.1, 0.15) is 46.2 Å². The van der Waals surface area contributed by atoms with Gasteiger partial charge in [-0.25, -0.2) is 14.4 Å². The minimum Gasteiger partial charge on any atom is -0.347 e. The lowest BCUT2D eigenvalue weighted by Crippen LogP contribution is -2.24. The van der Waals surface area contributed by atoms with Gasteiger partial charge in [-0.3, -0.25) is 4.79 Å². The molecule has 1 saturated carbocycles. The van der Waals surface area contributed by atoms with Gasteiger partial charge in [0.2, 0.25) is 0 Å². The lowest BCUT2D eigenvalue weighted by molar-refractivity contribution is 0.0945. The Morgan fingerprint density at radius 2 is 2.04 bits per heavy atom. The average molecular weight is 373 g/mol. The summed E-state index contributed by atoms with van der Waals surface area (Å²) in [6, 6.07) is 6.33. The van der Waals surface area contributed by atoms with Gasteiger partial charge in [-0.1, -0.05) is 12.1 Å². The molecule has 1 aliphatic carbocycles. The molecule has 3 N–H and O–H groups in total. The van der Waals surface area contributed by atoms with Crippen LogP contribution in [0.2, 0.25) is 0 Å². The van der Waals surface area contributed by atoms with Crippen LogP contribution >= 0.6 is 24.8 Å². The Bertz CT molecular complexity index is 710. The third-order valence-corrected chi connectivity index (χ3v) is 3.64. The van der Waals surface area contributed by atoms with Gasteiger partial charge >= 0.3 is 0 Å². The van der Waals surface area contributed by atoms with Crippen LogP contribution in [-0.2, 0) is 13.1 Å². The van der Waals surface area contributed by atoms with Crippen LogP contribution in [0.25, 0.3) is 0 Å². The number of carbonyl (C=O) groups is 1. The number of amides is 1. The van der Waals surface area contributed by atoms with E-state index in [1.807, 2.05) is 0 Å². The molecule has 5 nitrogen and oxygen atoms in total. The van der Waals surface area contributed by atoms with Crippen molar-refractivity contribution in [1.82, 2.24) is 15.3 Å². The molecule has 130 valence electrons. The molecule has 0 aliphatic heterocycles. The number of hydrogen-bond acceptors (Lipinski definition) is 4. The summed E-state index contributed by atoms with van der Waals surface area (Å²) in [6.07, 6.45) is 3.74. The summed E-state index contributed by atoms with van der Waals surface area (Å²) in [5.74, 6) is 0.399. The number of rotatable bonds is 5. The quantitative estimate of drug-likeness (QED) is 0.845. The van der Waals surface area contributed by atoms with Gasteiger partial charge in [0, 0.05) is 30.8 Å². The topological polar surface area (TPSA) is 80.9 Å². The summed E-state index contributed by atoms with van der Waals surface area (Å²) in [7, 11) is 0. The summed E-state index contributed by atoms with van der Waals surface area (Å²) in [6.45, 7) is 0.396. The van der Waals surface area contributed by atoms with E-state index >= 15 is 0 Å². The zero-order valence-electron chi connectivity index (χ0n) is 12.9. The predicted octanol–water partition coefficient (Wildman–Crippen LogP) is 2.73. The smallest absolute Gasteiger partial charge is 0.270 e. The SMILES string of the molecule is Cl.Cl.NCc1ccc(CNC(=O)c2ccnc(C3CC3)n2)c(F)c1. The number of carbonyl (C=O) groups excluding carboxylic acids is 1. The molecule has 24 heavy (non-hydrogen) atoms. The van der Waals surface area contributed by atoms with Crippen molar-refractivity contribution >= 4 is 30.7 Å². The van der Waals surface area contributed by atoms with E-state index in [4.69, 9.17) is 5.73 Å². The molecule has 1 aromatic carbocycles. The van der Waals surface area contributed by atoms with Crippen LogP contribution in [0.15, 0.2) is 30.5 Å². The maximum Gasteiger partial charge on any atom is 0.270 e. The molecule has 0 atom stereocenters. The Labute approximate surface area is 152 Å². The van der Waals surface area contributed by atoms with E-state index in [-0.39, 0.29) is 49.6 Å². The van der Waals surface area contributed by atoms with Crippen molar-refractivity contribution in [2.75, 3.05) is 0 Å². The van der Waals surface area contributed by atoms with E-state index in [0.717, 1.165) is 18.4 Å². The molecular formula is C16H19Cl2FN4O. The third kappa shape index (κ3) is 4.87. The summed E-state index contributed by atoms with van der Waals surface area (Å²) >= 11 is 0. The van der Waals surface area contributed by atoms with E-state index in [2.05, 4.69) is 15.3 Å². The Hall–Kier alpha value is -1.76. The van der Waals surface area contributed by atoms with Gasteiger partial charge in [0.15, 0.2) is 0 Å². The molecule has 0 unspecified atom stereocenters. The third-order valence-electron chi connectivity index (χ3n) is 3.64. The van der Waals surface area contributed by atoms with Gasteiger partial charge in [-0.2, -0.15) is 0 Å². The number of aromatic nitrogens is 2. The van der Waals surface area contributed by atoms with Gasteiger partial charge in [0.05, 0.1) is 0 Å². The first kappa shape index (κ1) is 20.3. The van der Waals surface area contributed by atoms with E-state index in [1.54, 1.807) is 24.4 Å². The summed E-state index contributed by atoms with van der Waals surface area (Å²) in [5.41, 5.74) is 6.91. The van der Waals surface area contributed by atoms with E-state index in [9.17, 15) is 9.18 Å². The maximum atomic E-state index is 13.8. The van der Waals surface area contributed by atoms with Crippen molar-refractivity contribution in [3.8, 4) is 0 Å². The van der Waals surface area contributed by atoms with Gasteiger partial charge in [0.1, 0.15) is 17.3 Å². The van der Waals surface area contributed by atoms with Crippen LogP contribution in [0, 0.1) is 5.82 Å². The minimum absolute atomic E-state index is 0. The fourth-order valence-electron chi connectivity index (χ4n) is 2.17. The average Bonchev–Trinajstić information content (AvgIpc) is 3.38. The van der Waals surface area contributed by atoms with E-state index in [1.165, 1.54) is 6.07 Å². The number of nitrogens with two attached hydrogens (primary N) is 1. The van der Waals surface area contributed by atoms with Crippen molar-refractivity contribution < 1.29 is 9.18 Å². The number of halogens is 3. The van der Waals surface area contributed by atoms with Gasteiger partial charge in [-0.15, -0.1) is 24.8 Å². The molecule has 1 aromatic heterocycles. The summed E-state index contributed by atoms with van der Waals surface area (Å²) < 4.78 is 13.8. The number of benzene rings is 1. The summed E-state index contributed by atoms with van der Waals surface area (Å²) in [4.78, 5) is 20.5. The lowest BCUT2D eigenvalue weighted by atomic mass is 10.1. The Morgan fingerprint density at radius 3 is 2.67 bits per heavy atom. The second kappa shape index (κ2) is 8.92. The zero-order chi connectivity index (χ0) is 15.5. The van der Waals surface area contributed by atoms with Crippen LogP contribution in [0.4, 0.5) is 4.39 Å². The molecule has 0 bridgehead atoms. The molecule has 0 spiro atoms. The molecule has 2 aromatic rings. The first-order valence-electron chi connectivity index (χ1n) is 7.26. The van der Waals surface area contributed by atoms with Gasteiger partial charge in [0.25, 0.3) is 5.91 Å². The highest BCUT2D eigenvalue weighted by atomic mass is 35.5. The van der Waals surface area contributed by atoms with Crippen LogP contribution in [0.5, 0.6) is 0 Å². The monoisotopic (exact) mass is 372 g/mol. The van der Waals surface area contributed by atoms with E-state index < -0.39 is 0 Å². The van der Waals surface area contributed by atoms with Crippen molar-refractivity contribution in [1.29, 1.82) is 0 Å². The van der Waals surface area contributed by atoms with Crippen molar-refractivity contribution in [2.45, 2.75) is 31.8 Å². The van der Waals surface area contributed by atoms with Crippen LogP contribution in [-0.4, -0.2) is 15.9 Å². The second-order valence-corrected chi connectivity index (χ2v) is 5.39. The molecule has 1 amide bonds. The minimum atomic E-state index is -0.371. The highest BCUT2D eigenvalue weighted by molar-refractivity contribution is 5.92. The summed E-state index contributed by atoms with van der Waals surface area (Å²) in [5, 5.41) is 2.68. The highest BCUT2D eigenvalue weighted by Crippen LogP contribution is 2.37. The maximum absolute atomic E-state index is 13.8. The molecule has 1 heterocycles. The highest BCUT2D eigenvalue weighted by Gasteiger charge is 2.27. The van der Waals surface area contributed by atoms with Gasteiger partial charge < -0.3 is 11.1 Å². The standard InChI is InChI=1S/C16H17FN4O.2ClH/c17-13-7-10(8-18)1-2-12(13)9-20-16(22)14-5-6-19-15(21-14)11-3-4-11;;/h1-2,5-7,11H,3-4,8-9,18H2,(H,20,22);2*1H. The van der Waals surface area contributed by atoms with Crippen molar-refractivity contribution in [2.24, 2.45) is 5.73 Å². The molecule has 0 saturated heterocycles. The molecular weight excluding hydrogens is 354 g/mol. The fourth-order valence-corrected chi connectivity index (χ4v) is 2.17. The Kier molecular flexibility index (Phi) is 7.54. The van der Waals surface area contributed by atoms with E-state index in [0.29, 0.717) is 23.0 Å². The number of nitrogens with one attached hydrogen (secondary N) is 1. The molecule has 0 radical (unpaired) electrons. The van der Waals surface area contributed by atoms with Crippen LogP contribution in [0.3, 0.4) is 0 Å². The predicted molar refractivity (Wildman–Crippen MR) is 94.0 cm³/mol. The second-order valence-electron chi connectivity index (χ2n) is 5.39. The van der Waals surface area contributed by atoms with Crippen LogP contribution < -0.4 is 11.1 Å². The lowest BCUT2D eigenvalue weighted by Gasteiger charge is -2.08. The molecule has 1 fully saturated rings.